The van der Waals surface area contributed by atoms with Gasteiger partial charge in [0.05, 0.1) is 12.5 Å². The molecule has 5 atom stereocenters. The van der Waals surface area contributed by atoms with Crippen molar-refractivity contribution in [1.29, 1.82) is 0 Å². The van der Waals surface area contributed by atoms with Gasteiger partial charge in [-0.15, -0.1) is 11.6 Å². The Labute approximate surface area is 170 Å². The van der Waals surface area contributed by atoms with E-state index in [0.29, 0.717) is 4.57 Å². The van der Waals surface area contributed by atoms with Gasteiger partial charge < -0.3 is 24.3 Å². The molecule has 0 aliphatic carbocycles. The summed E-state index contributed by atoms with van der Waals surface area (Å²) in [5, 5.41) is 0. The second kappa shape index (κ2) is 9.02. The first kappa shape index (κ1) is 25.5. The molecule has 0 bridgehead atoms. The van der Waals surface area contributed by atoms with Crippen LogP contribution < -0.4 is 11.2 Å². The monoisotopic (exact) mass is 518 g/mol. The number of ether oxygens (including phenoxy) is 1. The van der Waals surface area contributed by atoms with E-state index < -0.39 is 71.6 Å². The van der Waals surface area contributed by atoms with Crippen LogP contribution in [-0.4, -0.2) is 53.4 Å². The highest BCUT2D eigenvalue weighted by Gasteiger charge is 2.50. The quantitative estimate of drug-likeness (QED) is 0.216. The first-order chi connectivity index (χ1) is 13.6. The number of nitrogens with zero attached hydrogens (tertiary/aromatic N) is 1. The molecule has 0 radical (unpaired) electrons. The molecule has 0 saturated carbocycles. The van der Waals surface area contributed by atoms with E-state index >= 15 is 0 Å². The van der Waals surface area contributed by atoms with Gasteiger partial charge in [-0.05, 0) is 0 Å². The van der Waals surface area contributed by atoms with Gasteiger partial charge in [0.1, 0.15) is 11.8 Å². The number of nitrogens with one attached hydrogen (secondary N) is 1. The molecule has 0 aromatic carbocycles. The Balaban J connectivity index is 2.13. The molecule has 0 spiro atoms. The first-order valence-electron chi connectivity index (χ1n) is 7.55. The van der Waals surface area contributed by atoms with Gasteiger partial charge in [0, 0.05) is 18.7 Å². The Bertz CT molecular complexity index is 1040. The number of phosphoric acid groups is 3. The Morgan fingerprint density at radius 2 is 1.87 bits per heavy atom. The second-order valence-corrected chi connectivity index (χ2v) is 10.6. The van der Waals surface area contributed by atoms with Gasteiger partial charge in [-0.1, -0.05) is 0 Å². The number of hydrogen-bond donors (Lipinski definition) is 5. The zero-order chi connectivity index (χ0) is 23.0. The lowest BCUT2D eigenvalue weighted by Gasteiger charge is -2.27. The molecular weight excluding hydrogens is 503 g/mol. The van der Waals surface area contributed by atoms with Crippen LogP contribution in [0.3, 0.4) is 0 Å². The number of phosphoric ester groups is 1. The largest absolute Gasteiger partial charge is 0.490 e. The van der Waals surface area contributed by atoms with Gasteiger partial charge in [0.2, 0.25) is 0 Å². The number of alkyl halides is 2. The molecule has 1 saturated heterocycles. The summed E-state index contributed by atoms with van der Waals surface area (Å²) in [5.41, 5.74) is -3.58. The average molecular weight is 519 g/mol. The van der Waals surface area contributed by atoms with Gasteiger partial charge in [0.15, 0.2) is 6.23 Å². The SMILES string of the molecule is O=c1ccn([C@@H]2O[C@](CCl)(COP(=O)(O)OP(=O)(O)OP(=O)(O)O)C[C@@H]2F)c(=O)[nH]1. The summed E-state index contributed by atoms with van der Waals surface area (Å²) < 4.78 is 65.8. The summed E-state index contributed by atoms with van der Waals surface area (Å²) in [6, 6.07) is 0.921. The number of aromatic nitrogens is 2. The van der Waals surface area contributed by atoms with E-state index in [1.165, 1.54) is 0 Å². The Kier molecular flexibility index (Phi) is 7.68. The number of aromatic amines is 1. The van der Waals surface area contributed by atoms with Gasteiger partial charge in [-0.2, -0.15) is 8.62 Å². The van der Waals surface area contributed by atoms with Crippen molar-refractivity contribution in [3.05, 3.63) is 33.1 Å². The van der Waals surface area contributed by atoms with E-state index in [2.05, 4.69) is 13.1 Å². The van der Waals surface area contributed by atoms with Crippen LogP contribution in [0.25, 0.3) is 0 Å². The average Bonchev–Trinajstić information content (AvgIpc) is 2.87. The second-order valence-electron chi connectivity index (χ2n) is 5.93. The molecule has 2 rings (SSSR count). The highest BCUT2D eigenvalue weighted by atomic mass is 35.5. The fraction of sp³-hybridized carbons (Fsp3) is 0.600. The van der Waals surface area contributed by atoms with Crippen LogP contribution in [0.4, 0.5) is 4.39 Å². The predicted molar refractivity (Wildman–Crippen MR) is 94.2 cm³/mol. The van der Waals surface area contributed by atoms with Gasteiger partial charge >= 0.3 is 29.2 Å². The van der Waals surface area contributed by atoms with Crippen molar-refractivity contribution in [3.63, 3.8) is 0 Å². The summed E-state index contributed by atoms with van der Waals surface area (Å²) in [6.45, 7) is -1.00. The summed E-state index contributed by atoms with van der Waals surface area (Å²) in [7, 11) is -16.8. The minimum atomic E-state index is -5.74. The van der Waals surface area contributed by atoms with Crippen LogP contribution >= 0.6 is 35.1 Å². The maximum atomic E-state index is 14.5. The van der Waals surface area contributed by atoms with E-state index in [1.807, 2.05) is 4.98 Å². The lowest BCUT2D eigenvalue weighted by Crippen LogP contribution is -2.38. The summed E-state index contributed by atoms with van der Waals surface area (Å²) in [5.74, 6) is -0.544. The molecule has 2 heterocycles. The van der Waals surface area contributed by atoms with Gasteiger partial charge in [0.25, 0.3) is 5.56 Å². The van der Waals surface area contributed by atoms with Crippen molar-refractivity contribution in [2.45, 2.75) is 24.4 Å². The van der Waals surface area contributed by atoms with E-state index in [-0.39, 0.29) is 0 Å². The normalized spacial score (nSPS) is 28.7. The molecule has 20 heteroatoms. The van der Waals surface area contributed by atoms with Crippen LogP contribution in [-0.2, 0) is 31.6 Å². The molecule has 1 aliphatic heterocycles. The minimum absolute atomic E-state index is 0.544. The third kappa shape index (κ3) is 6.89. The van der Waals surface area contributed by atoms with Crippen LogP contribution in [0.2, 0.25) is 0 Å². The lowest BCUT2D eigenvalue weighted by atomic mass is 10.0. The van der Waals surface area contributed by atoms with Gasteiger partial charge in [-0.25, -0.2) is 22.9 Å². The number of halogens is 2. The summed E-state index contributed by atoms with van der Waals surface area (Å²) in [6.07, 6.45) is -3.11. The third-order valence-corrected chi connectivity index (χ3v) is 7.79. The molecule has 1 fully saturated rings. The highest BCUT2D eigenvalue weighted by molar-refractivity contribution is 7.66. The zero-order valence-corrected chi connectivity index (χ0v) is 17.9. The highest BCUT2D eigenvalue weighted by Crippen LogP contribution is 2.66. The summed E-state index contributed by atoms with van der Waals surface area (Å²) >= 11 is 5.74. The standard InChI is InChI=1S/C10H15ClFN2O13P3/c11-4-10(5-24-29(20,21)27-30(22,23)26-28(17,18)19)3-6(12)8(25-10)14-2-1-7(15)13-9(14)16/h1-2,6,8H,3-5H2,(H,20,21)(H,22,23)(H,13,15,16)(H2,17,18,19)/t6-,8+,10+/m0/s1. The topological polar surface area (TPSA) is 224 Å². The van der Waals surface area contributed by atoms with Crippen molar-refractivity contribution in [2.24, 2.45) is 0 Å². The minimum Gasteiger partial charge on any atom is -0.345 e. The van der Waals surface area contributed by atoms with Crippen molar-refractivity contribution in [3.8, 4) is 0 Å². The van der Waals surface area contributed by atoms with Gasteiger partial charge in [-0.3, -0.25) is 18.9 Å². The molecule has 0 amide bonds. The maximum Gasteiger partial charge on any atom is 0.490 e. The van der Waals surface area contributed by atoms with Crippen molar-refractivity contribution >= 4 is 35.1 Å². The van der Waals surface area contributed by atoms with Crippen LogP contribution in [0.15, 0.2) is 21.9 Å². The van der Waals surface area contributed by atoms with Crippen LogP contribution in [0, 0.1) is 0 Å². The Morgan fingerprint density at radius 1 is 1.23 bits per heavy atom. The fourth-order valence-electron chi connectivity index (χ4n) is 2.41. The molecule has 15 nitrogen and oxygen atoms in total. The first-order valence-corrected chi connectivity index (χ1v) is 12.6. The predicted octanol–water partition coefficient (Wildman–Crippen LogP) is 0.114. The molecule has 1 aromatic heterocycles. The van der Waals surface area contributed by atoms with Crippen molar-refractivity contribution in [2.75, 3.05) is 12.5 Å². The zero-order valence-electron chi connectivity index (χ0n) is 14.4. The fourth-order valence-corrected chi connectivity index (χ4v) is 5.76. The lowest BCUT2D eigenvalue weighted by molar-refractivity contribution is -0.0917. The van der Waals surface area contributed by atoms with Crippen LogP contribution in [0.1, 0.15) is 12.6 Å². The number of rotatable bonds is 9. The Morgan fingerprint density at radius 3 is 2.40 bits per heavy atom. The number of H-pyrrole nitrogens is 1. The maximum absolute atomic E-state index is 14.5. The number of hydrogen-bond acceptors (Lipinski definition) is 9. The molecular formula is C10H15ClFN2O13P3. The molecule has 5 N–H and O–H groups in total. The van der Waals surface area contributed by atoms with E-state index in [1.54, 1.807) is 0 Å². The molecule has 1 aromatic rings. The van der Waals surface area contributed by atoms with E-state index in [9.17, 15) is 32.6 Å². The van der Waals surface area contributed by atoms with E-state index in [0.717, 1.165) is 12.3 Å². The van der Waals surface area contributed by atoms with Crippen LogP contribution in [0.5, 0.6) is 0 Å². The smallest absolute Gasteiger partial charge is 0.345 e. The molecule has 172 valence electrons. The Hall–Kier alpha value is -0.730. The molecule has 2 unspecified atom stereocenters. The van der Waals surface area contributed by atoms with Crippen molar-refractivity contribution < 1.29 is 55.5 Å². The molecule has 1 aliphatic rings. The summed E-state index contributed by atoms with van der Waals surface area (Å²) in [4.78, 5) is 60.4. The van der Waals surface area contributed by atoms with Crippen molar-refractivity contribution in [1.82, 2.24) is 9.55 Å². The molecule has 30 heavy (non-hydrogen) atoms. The third-order valence-electron chi connectivity index (χ3n) is 3.52. The van der Waals surface area contributed by atoms with E-state index in [4.69, 9.17) is 31.0 Å².